The molecule has 0 unspecified atom stereocenters. The van der Waals surface area contributed by atoms with Gasteiger partial charge in [-0.1, -0.05) is 190 Å². The highest BCUT2D eigenvalue weighted by molar-refractivity contribution is 6.93. The van der Waals surface area contributed by atoms with Gasteiger partial charge in [-0.15, -0.1) is 0 Å². The number of hydrogen-bond donors (Lipinski definition) is 0. The van der Waals surface area contributed by atoms with Gasteiger partial charge in [0.05, 0.1) is 0 Å². The van der Waals surface area contributed by atoms with E-state index in [1.165, 1.54) is 0 Å². The fourth-order valence-corrected chi connectivity index (χ4v) is 22.4. The van der Waals surface area contributed by atoms with Gasteiger partial charge in [-0.2, -0.15) is 0 Å². The van der Waals surface area contributed by atoms with Gasteiger partial charge in [-0.05, 0) is 230 Å². The van der Waals surface area contributed by atoms with Crippen LogP contribution in [0.15, 0.2) is 72.8 Å². The quantitative estimate of drug-likeness (QED) is 0.0474. The van der Waals surface area contributed by atoms with Crippen LogP contribution in [0.25, 0.3) is 0 Å². The lowest BCUT2D eigenvalue weighted by atomic mass is 9.83. The molecule has 0 saturated carbocycles. The molecule has 0 aliphatic heterocycles. The second-order valence-corrected chi connectivity index (χ2v) is 48.5. The fraction of sp³-hybridized carbons (Fsp3) is 0.727. The van der Waals surface area contributed by atoms with Crippen LogP contribution in [-0.4, -0.2) is 62.9 Å². The summed E-state index contributed by atoms with van der Waals surface area (Å²) in [7, 11) is -5.28. The first-order valence-electron chi connectivity index (χ1n) is 37.3. The lowest BCUT2D eigenvalue weighted by Gasteiger charge is -2.38. The Morgan fingerprint density at radius 3 is 0.455 bits per heavy atom. The van der Waals surface area contributed by atoms with Crippen LogP contribution in [0.2, 0.25) is 0 Å². The van der Waals surface area contributed by atoms with E-state index in [-0.39, 0.29) is 43.3 Å². The van der Waals surface area contributed by atoms with Crippen molar-refractivity contribution in [1.29, 1.82) is 0 Å². The van der Waals surface area contributed by atoms with Crippen molar-refractivity contribution in [3.8, 4) is 46.0 Å². The molecule has 0 amide bonds. The zero-order valence-electron chi connectivity index (χ0n) is 71.3. The second-order valence-electron chi connectivity index (χ2n) is 44.2. The SMILES string of the molecule is CC(C)(C)CC(C)(C)Oc1ccc([Si](O[Si](c2ccc(OC(C)(C)CC(C)(C)C)cc2OC(C)(C)CC(C)(C)C)c2ccc(OC(C)(C)CC(C)(C)C)cc2OC(C)(C)CC(C)(C)C)c2ccc(OC(C)(C)CC(C)(C)C)cc2OC(C)(C)CC(C)(C)C)c(OC(C)(C)CC(C)(C)C)c1. The standard InChI is InChI=1S/C88H148O9Si2/c1-73(2,3)53-81(25,26)89-61-41-45-69(65(49-61)93-85(33,34)57-77(13,14)15)98(70-46-42-62(90-82(27,28)54-74(4,5)6)50-66(70)94-86(35,36)58-78(16,17)18)97-99(71-47-43-63(91-83(29,30)55-75(7,8)9)51-67(71)95-87(37,38)59-79(19,20)21)72-48-44-64(92-84(31,32)56-76(10,11)12)52-68(72)96-88(39,40)60-80(22,23)24/h41-52H,53-60H2,1-40H3. The van der Waals surface area contributed by atoms with Crippen LogP contribution in [0.1, 0.15) is 328 Å². The molecule has 4 aromatic carbocycles. The molecular weight excluding hydrogens is 1260 g/mol. The minimum Gasteiger partial charge on any atom is -0.488 e. The fourth-order valence-electron chi connectivity index (χ4n) is 16.9. The summed E-state index contributed by atoms with van der Waals surface area (Å²) in [4.78, 5) is 0. The summed E-state index contributed by atoms with van der Waals surface area (Å²) in [5.41, 5.74) is -4.95. The first kappa shape index (κ1) is 87.1. The minimum absolute atomic E-state index is 0.00382. The Hall–Kier alpha value is -4.33. The van der Waals surface area contributed by atoms with Gasteiger partial charge in [0, 0.05) is 45.0 Å². The molecule has 0 spiro atoms. The van der Waals surface area contributed by atoms with Gasteiger partial charge >= 0.3 is 0 Å². The van der Waals surface area contributed by atoms with E-state index >= 15 is 0 Å². The van der Waals surface area contributed by atoms with Crippen molar-refractivity contribution in [3.05, 3.63) is 72.8 Å². The number of ether oxygens (including phenoxy) is 8. The first-order chi connectivity index (χ1) is 43.8. The number of rotatable bonds is 30. The molecule has 0 fully saturated rings. The molecule has 0 aromatic heterocycles. The third-order valence-corrected chi connectivity index (χ3v) is 21.0. The Labute approximate surface area is 612 Å². The highest BCUT2D eigenvalue weighted by Crippen LogP contribution is 2.42. The van der Waals surface area contributed by atoms with Crippen LogP contribution < -0.4 is 58.6 Å². The topological polar surface area (TPSA) is 83.1 Å². The molecule has 0 saturated heterocycles. The van der Waals surface area contributed by atoms with Gasteiger partial charge in [0.15, 0.2) is 0 Å². The van der Waals surface area contributed by atoms with E-state index in [0.29, 0.717) is 23.0 Å². The molecule has 99 heavy (non-hydrogen) atoms. The van der Waals surface area contributed by atoms with Gasteiger partial charge in [-0.25, -0.2) is 0 Å². The highest BCUT2D eigenvalue weighted by Gasteiger charge is 2.43. The van der Waals surface area contributed by atoms with Gasteiger partial charge in [-0.3, -0.25) is 0 Å². The van der Waals surface area contributed by atoms with E-state index in [0.717, 1.165) is 95.1 Å². The summed E-state index contributed by atoms with van der Waals surface area (Å²) in [5.74, 6) is 5.64. The maximum absolute atomic E-state index is 8.77. The van der Waals surface area contributed by atoms with Crippen molar-refractivity contribution >= 4 is 38.8 Å². The van der Waals surface area contributed by atoms with E-state index in [4.69, 9.17) is 42.0 Å². The van der Waals surface area contributed by atoms with Crippen LogP contribution in [0.3, 0.4) is 0 Å². The monoisotopic (exact) mass is 1410 g/mol. The molecule has 0 atom stereocenters. The lowest BCUT2D eigenvalue weighted by molar-refractivity contribution is 0.0547. The summed E-state index contributed by atoms with van der Waals surface area (Å²) < 4.78 is 68.2. The molecule has 4 aromatic rings. The highest BCUT2D eigenvalue weighted by atomic mass is 28.4. The van der Waals surface area contributed by atoms with Gasteiger partial charge < -0.3 is 42.0 Å². The Balaban J connectivity index is 2.50. The Morgan fingerprint density at radius 1 is 0.192 bits per heavy atom. The zero-order chi connectivity index (χ0) is 76.6. The largest absolute Gasteiger partial charge is 0.488 e. The molecule has 11 heteroatoms. The van der Waals surface area contributed by atoms with Gasteiger partial charge in [0.2, 0.25) is 0 Å². The van der Waals surface area contributed by atoms with Crippen molar-refractivity contribution in [1.82, 2.24) is 0 Å². The summed E-state index contributed by atoms with van der Waals surface area (Å²) in [6.07, 6.45) is 6.37. The second kappa shape index (κ2) is 30.4. The number of benzene rings is 4. The summed E-state index contributed by atoms with van der Waals surface area (Å²) in [6.45, 7) is 89.8. The molecule has 2 radical (unpaired) electrons. The van der Waals surface area contributed by atoms with Crippen molar-refractivity contribution in [2.45, 2.75) is 373 Å². The van der Waals surface area contributed by atoms with E-state index in [9.17, 15) is 0 Å². The third-order valence-electron chi connectivity index (χ3n) is 15.8. The number of hydrogen-bond acceptors (Lipinski definition) is 9. The normalized spacial score (nSPS) is 14.4. The van der Waals surface area contributed by atoms with E-state index < -0.39 is 62.9 Å². The molecule has 0 bridgehead atoms. The molecule has 562 valence electrons. The zero-order valence-corrected chi connectivity index (χ0v) is 73.3. The molecule has 0 heterocycles. The average molecular weight is 1410 g/mol. The van der Waals surface area contributed by atoms with Crippen molar-refractivity contribution < 1.29 is 42.0 Å². The van der Waals surface area contributed by atoms with Crippen LogP contribution in [0, 0.1) is 43.3 Å². The van der Waals surface area contributed by atoms with Crippen LogP contribution in [-0.2, 0) is 4.12 Å². The van der Waals surface area contributed by atoms with Crippen molar-refractivity contribution in [2.24, 2.45) is 43.3 Å². The Kier molecular flexibility index (Phi) is 26.7. The van der Waals surface area contributed by atoms with Gasteiger partial charge in [0.1, 0.15) is 90.8 Å². The Morgan fingerprint density at radius 2 is 0.323 bits per heavy atom. The maximum Gasteiger partial charge on any atom is 0.280 e. The third kappa shape index (κ3) is 32.5. The summed E-state index contributed by atoms with van der Waals surface area (Å²) >= 11 is 0. The molecule has 0 aliphatic carbocycles. The molecular formula is C88H148O9Si2. The van der Waals surface area contributed by atoms with Crippen LogP contribution in [0.4, 0.5) is 0 Å². The van der Waals surface area contributed by atoms with E-state index in [1.807, 2.05) is 0 Å². The first-order valence-corrected chi connectivity index (χ1v) is 40.1. The van der Waals surface area contributed by atoms with Crippen LogP contribution >= 0.6 is 0 Å². The van der Waals surface area contributed by atoms with Crippen LogP contribution in [0.5, 0.6) is 46.0 Å². The lowest BCUT2D eigenvalue weighted by Crippen LogP contribution is -2.57. The van der Waals surface area contributed by atoms with Crippen molar-refractivity contribution in [2.75, 3.05) is 0 Å². The molecule has 9 nitrogen and oxygen atoms in total. The van der Waals surface area contributed by atoms with Gasteiger partial charge in [0.25, 0.3) is 18.1 Å². The van der Waals surface area contributed by atoms with E-state index in [2.05, 4.69) is 350 Å². The van der Waals surface area contributed by atoms with E-state index in [1.54, 1.807) is 0 Å². The van der Waals surface area contributed by atoms with Crippen molar-refractivity contribution in [3.63, 3.8) is 0 Å². The summed E-state index contributed by atoms with van der Waals surface area (Å²) in [5, 5.41) is 3.63. The Bertz CT molecular complexity index is 2830. The average Bonchev–Trinajstić information content (AvgIpc) is 0.762. The predicted octanol–water partition coefficient (Wildman–Crippen LogP) is 23.4. The molecule has 4 rings (SSSR count). The maximum atomic E-state index is 8.77. The molecule has 0 aliphatic rings. The summed E-state index contributed by atoms with van der Waals surface area (Å²) in [6, 6.07) is 25.9. The molecule has 0 N–H and O–H groups in total. The smallest absolute Gasteiger partial charge is 0.280 e. The predicted molar refractivity (Wildman–Crippen MR) is 427 cm³/mol. The minimum atomic E-state index is -2.64.